The predicted octanol–water partition coefficient (Wildman–Crippen LogP) is 5.23. The number of nitrogens with one attached hydrogen (secondary N) is 1. The van der Waals surface area contributed by atoms with Crippen LogP contribution in [0.2, 0.25) is 0 Å². The van der Waals surface area contributed by atoms with Gasteiger partial charge in [-0.3, -0.25) is 4.79 Å². The lowest BCUT2D eigenvalue weighted by atomic mass is 10.1. The molecule has 0 spiro atoms. The number of nitrogens with zero attached hydrogens (tertiary/aromatic N) is 4. The van der Waals surface area contributed by atoms with Gasteiger partial charge in [0.1, 0.15) is 0 Å². The summed E-state index contributed by atoms with van der Waals surface area (Å²) in [5.41, 5.74) is 3.05. The van der Waals surface area contributed by atoms with Crippen LogP contribution in [0.3, 0.4) is 0 Å². The Labute approximate surface area is 180 Å². The van der Waals surface area contributed by atoms with Crippen molar-refractivity contribution >= 4 is 46.0 Å². The molecule has 0 saturated heterocycles. The van der Waals surface area contributed by atoms with Gasteiger partial charge in [0.15, 0.2) is 11.5 Å². The van der Waals surface area contributed by atoms with Crippen LogP contribution in [-0.2, 0) is 4.79 Å². The smallest absolute Gasteiger partial charge is 0.248 e. The van der Waals surface area contributed by atoms with E-state index in [0.29, 0.717) is 17.2 Å². The third-order valence-electron chi connectivity index (χ3n) is 4.37. The topological polar surface area (TPSA) is 72.2 Å². The summed E-state index contributed by atoms with van der Waals surface area (Å²) in [4.78, 5) is 14.3. The summed E-state index contributed by atoms with van der Waals surface area (Å²) >= 11 is 3.18. The van der Waals surface area contributed by atoms with Crippen molar-refractivity contribution in [3.05, 3.63) is 82.4 Å². The molecule has 30 heavy (non-hydrogen) atoms. The third-order valence-corrected chi connectivity index (χ3v) is 6.08. The summed E-state index contributed by atoms with van der Waals surface area (Å²) in [5, 5.41) is 20.1. The molecule has 0 aliphatic heterocycles. The maximum atomic E-state index is 12.2. The molecular weight excluding hydrogens is 414 g/mol. The molecule has 146 valence electrons. The monoisotopic (exact) mass is 429 g/mol. The van der Waals surface area contributed by atoms with E-state index in [0.717, 1.165) is 21.0 Å². The first-order chi connectivity index (χ1) is 14.8. The van der Waals surface area contributed by atoms with Crippen molar-refractivity contribution in [3.63, 3.8) is 0 Å². The van der Waals surface area contributed by atoms with Crippen molar-refractivity contribution in [3.8, 4) is 22.0 Å². The zero-order chi connectivity index (χ0) is 20.3. The fraction of sp³-hybridized carbons (Fsp3) is 0. The summed E-state index contributed by atoms with van der Waals surface area (Å²) in [6.07, 6.45) is 3.34. The van der Waals surface area contributed by atoms with Crippen LogP contribution in [0.1, 0.15) is 4.88 Å². The number of anilines is 1. The Balaban J connectivity index is 1.41. The van der Waals surface area contributed by atoms with E-state index in [1.807, 2.05) is 71.4 Å². The van der Waals surface area contributed by atoms with Crippen LogP contribution in [0.5, 0.6) is 0 Å². The number of carbonyl (C=O) groups excluding carboxylic acids is 1. The molecule has 0 aliphatic rings. The highest BCUT2D eigenvalue weighted by atomic mass is 32.1. The maximum absolute atomic E-state index is 12.2. The Bertz CT molecular complexity index is 1340. The van der Waals surface area contributed by atoms with Crippen LogP contribution in [-0.4, -0.2) is 25.7 Å². The van der Waals surface area contributed by atoms with Gasteiger partial charge in [-0.05, 0) is 53.2 Å². The number of hydrogen-bond acceptors (Lipinski definition) is 6. The highest BCUT2D eigenvalue weighted by Crippen LogP contribution is 2.25. The van der Waals surface area contributed by atoms with E-state index in [2.05, 4.69) is 15.5 Å². The Morgan fingerprint density at radius 3 is 2.70 bits per heavy atom. The van der Waals surface area contributed by atoms with Gasteiger partial charge in [0.25, 0.3) is 0 Å². The van der Waals surface area contributed by atoms with Crippen LogP contribution in [0.4, 0.5) is 5.69 Å². The molecule has 1 amide bonds. The van der Waals surface area contributed by atoms with Gasteiger partial charge in [0.2, 0.25) is 5.91 Å². The molecule has 1 N–H and O–H groups in total. The van der Waals surface area contributed by atoms with E-state index >= 15 is 0 Å². The van der Waals surface area contributed by atoms with E-state index in [1.54, 1.807) is 33.3 Å². The molecule has 0 fully saturated rings. The Morgan fingerprint density at radius 2 is 1.87 bits per heavy atom. The van der Waals surface area contributed by atoms with E-state index in [4.69, 9.17) is 5.10 Å². The van der Waals surface area contributed by atoms with Crippen molar-refractivity contribution in [1.82, 2.24) is 19.8 Å². The molecule has 0 saturated carbocycles. The average Bonchev–Trinajstić information content (AvgIpc) is 3.53. The number of aromatic nitrogens is 4. The summed E-state index contributed by atoms with van der Waals surface area (Å²) in [5.74, 6) is 0.535. The van der Waals surface area contributed by atoms with Gasteiger partial charge < -0.3 is 5.32 Å². The molecule has 0 atom stereocenters. The maximum Gasteiger partial charge on any atom is 0.248 e. The molecule has 1 aromatic carbocycles. The first-order valence-corrected chi connectivity index (χ1v) is 10.9. The molecule has 8 heteroatoms. The Morgan fingerprint density at radius 1 is 0.967 bits per heavy atom. The highest BCUT2D eigenvalue weighted by molar-refractivity contribution is 7.13. The van der Waals surface area contributed by atoms with Crippen LogP contribution in [0.15, 0.2) is 77.5 Å². The number of benzene rings is 1. The number of hydrogen-bond donors (Lipinski definition) is 1. The van der Waals surface area contributed by atoms with Crippen molar-refractivity contribution in [2.24, 2.45) is 0 Å². The lowest BCUT2D eigenvalue weighted by molar-refractivity contribution is -0.111. The van der Waals surface area contributed by atoms with Crippen LogP contribution >= 0.6 is 22.7 Å². The second kappa shape index (κ2) is 8.02. The molecule has 0 unspecified atom stereocenters. The fourth-order valence-corrected chi connectivity index (χ4v) is 4.30. The molecule has 0 aliphatic carbocycles. The van der Waals surface area contributed by atoms with Crippen molar-refractivity contribution in [1.29, 1.82) is 0 Å². The SMILES string of the molecule is O=C(/C=C/c1cccs1)Nc1cccc(-c2ccc3nnc(-c4cccs4)n3n2)c1. The second-order valence-corrected chi connectivity index (χ2v) is 8.34. The first kappa shape index (κ1) is 18.4. The van der Waals surface area contributed by atoms with Gasteiger partial charge in [-0.15, -0.1) is 32.9 Å². The molecule has 4 aromatic heterocycles. The average molecular weight is 430 g/mol. The first-order valence-electron chi connectivity index (χ1n) is 9.16. The number of amides is 1. The molecule has 0 radical (unpaired) electrons. The number of fused-ring (bicyclic) bond motifs is 1. The summed E-state index contributed by atoms with van der Waals surface area (Å²) in [7, 11) is 0. The standard InChI is InChI=1S/C22H15N5OS2/c28-21(11-8-17-6-2-12-29-17)23-16-5-1-4-15(14-16)18-9-10-20-24-25-22(27(20)26-18)19-7-3-13-30-19/h1-14H,(H,23,28)/b11-8+. The van der Waals surface area contributed by atoms with E-state index in [9.17, 15) is 4.79 Å². The lowest BCUT2D eigenvalue weighted by Crippen LogP contribution is -2.07. The molecule has 6 nitrogen and oxygen atoms in total. The minimum Gasteiger partial charge on any atom is -0.322 e. The van der Waals surface area contributed by atoms with Gasteiger partial charge >= 0.3 is 0 Å². The lowest BCUT2D eigenvalue weighted by Gasteiger charge is -2.06. The number of thiophene rings is 2. The van der Waals surface area contributed by atoms with Crippen molar-refractivity contribution in [2.75, 3.05) is 5.32 Å². The molecule has 5 rings (SSSR count). The minimum atomic E-state index is -0.178. The zero-order valence-electron chi connectivity index (χ0n) is 15.6. The third kappa shape index (κ3) is 3.78. The fourth-order valence-electron chi connectivity index (χ4n) is 2.99. The van der Waals surface area contributed by atoms with Gasteiger partial charge in [0, 0.05) is 22.2 Å². The van der Waals surface area contributed by atoms with Gasteiger partial charge in [0.05, 0.1) is 10.6 Å². The summed E-state index contributed by atoms with van der Waals surface area (Å²) in [6, 6.07) is 19.3. The van der Waals surface area contributed by atoms with Crippen LogP contribution < -0.4 is 5.32 Å². The number of rotatable bonds is 5. The molecular formula is C22H15N5OS2. The number of carbonyl (C=O) groups is 1. The van der Waals surface area contributed by atoms with E-state index < -0.39 is 0 Å². The van der Waals surface area contributed by atoms with Crippen LogP contribution in [0, 0.1) is 0 Å². The predicted molar refractivity (Wildman–Crippen MR) is 122 cm³/mol. The summed E-state index contributed by atoms with van der Waals surface area (Å²) in [6.45, 7) is 0. The minimum absolute atomic E-state index is 0.178. The molecule has 0 bridgehead atoms. The second-order valence-electron chi connectivity index (χ2n) is 6.41. The normalized spacial score (nSPS) is 11.3. The van der Waals surface area contributed by atoms with E-state index in [-0.39, 0.29) is 5.91 Å². The highest BCUT2D eigenvalue weighted by Gasteiger charge is 2.12. The summed E-state index contributed by atoms with van der Waals surface area (Å²) < 4.78 is 1.75. The quantitative estimate of drug-likeness (QED) is 0.388. The molecule has 5 aromatic rings. The zero-order valence-corrected chi connectivity index (χ0v) is 17.2. The van der Waals surface area contributed by atoms with Crippen molar-refractivity contribution in [2.45, 2.75) is 0 Å². The van der Waals surface area contributed by atoms with Gasteiger partial charge in [-0.1, -0.05) is 24.3 Å². The Kier molecular flexibility index (Phi) is 4.92. The van der Waals surface area contributed by atoms with Gasteiger partial charge in [-0.25, -0.2) is 0 Å². The Hall–Kier alpha value is -3.62. The van der Waals surface area contributed by atoms with E-state index in [1.165, 1.54) is 6.08 Å². The van der Waals surface area contributed by atoms with Gasteiger partial charge in [-0.2, -0.15) is 9.61 Å². The van der Waals surface area contributed by atoms with Crippen molar-refractivity contribution < 1.29 is 4.79 Å². The van der Waals surface area contributed by atoms with Crippen LogP contribution in [0.25, 0.3) is 33.7 Å². The molecule has 4 heterocycles. The largest absolute Gasteiger partial charge is 0.322 e.